The molecule has 0 spiro atoms. The van der Waals surface area contributed by atoms with Gasteiger partial charge in [0, 0.05) is 35.8 Å². The van der Waals surface area contributed by atoms with Gasteiger partial charge in [-0.2, -0.15) is 0 Å². The lowest BCUT2D eigenvalue weighted by Gasteiger charge is -2.16. The highest BCUT2D eigenvalue weighted by atomic mass is 32.2. The van der Waals surface area contributed by atoms with Crippen molar-refractivity contribution in [2.24, 2.45) is 0 Å². The largest absolute Gasteiger partial charge is 0.361 e. The Kier molecular flexibility index (Phi) is 5.24. The molecule has 1 atom stereocenters. The van der Waals surface area contributed by atoms with Crippen molar-refractivity contribution in [3.8, 4) is 0 Å². The third kappa shape index (κ3) is 3.42. The maximum atomic E-state index is 12.4. The van der Waals surface area contributed by atoms with Gasteiger partial charge in [-0.3, -0.25) is 14.9 Å². The van der Waals surface area contributed by atoms with Crippen molar-refractivity contribution < 1.29 is 9.72 Å². The van der Waals surface area contributed by atoms with Crippen molar-refractivity contribution in [1.82, 2.24) is 15.0 Å². The molecule has 3 N–H and O–H groups in total. The standard InChI is InChI=1S/C18H18N4O3S/c1-11-6-5-7-12-13(10-20-16(11)12)17(18(23)19-2)21-26-15-9-4-3-8-14(15)22(24)25/h3-10,17,20-21H,1-2H3,(H,19,23)/t17-/m1/s1. The second-order valence-electron chi connectivity index (χ2n) is 5.73. The van der Waals surface area contributed by atoms with Gasteiger partial charge < -0.3 is 10.3 Å². The average Bonchev–Trinajstić information content (AvgIpc) is 3.07. The number of fused-ring (bicyclic) bond motifs is 1. The molecular formula is C18H18N4O3S. The van der Waals surface area contributed by atoms with E-state index in [2.05, 4.69) is 15.0 Å². The molecule has 3 rings (SSSR count). The van der Waals surface area contributed by atoms with Crippen molar-refractivity contribution in [2.45, 2.75) is 17.9 Å². The predicted octanol–water partition coefficient (Wildman–Crippen LogP) is 3.47. The average molecular weight is 370 g/mol. The maximum Gasteiger partial charge on any atom is 0.284 e. The predicted molar refractivity (Wildman–Crippen MR) is 102 cm³/mol. The molecular weight excluding hydrogens is 352 g/mol. The fourth-order valence-electron chi connectivity index (χ4n) is 2.79. The van der Waals surface area contributed by atoms with E-state index in [-0.39, 0.29) is 11.6 Å². The summed E-state index contributed by atoms with van der Waals surface area (Å²) in [4.78, 5) is 26.8. The van der Waals surface area contributed by atoms with Gasteiger partial charge in [0.05, 0.1) is 4.92 Å². The Morgan fingerprint density at radius 2 is 2.00 bits per heavy atom. The van der Waals surface area contributed by atoms with E-state index in [1.165, 1.54) is 6.07 Å². The molecule has 0 aliphatic rings. The second-order valence-corrected chi connectivity index (χ2v) is 6.61. The molecule has 3 aromatic rings. The molecule has 26 heavy (non-hydrogen) atoms. The highest BCUT2D eigenvalue weighted by Gasteiger charge is 2.24. The highest BCUT2D eigenvalue weighted by molar-refractivity contribution is 7.97. The highest BCUT2D eigenvalue weighted by Crippen LogP contribution is 2.32. The number of benzene rings is 2. The van der Waals surface area contributed by atoms with Gasteiger partial charge >= 0.3 is 0 Å². The van der Waals surface area contributed by atoms with E-state index in [0.717, 1.165) is 34.0 Å². The van der Waals surface area contributed by atoms with Crippen LogP contribution >= 0.6 is 11.9 Å². The van der Waals surface area contributed by atoms with Crippen molar-refractivity contribution in [3.63, 3.8) is 0 Å². The number of likely N-dealkylation sites (N-methyl/N-ethyl adjacent to an activating group) is 1. The van der Waals surface area contributed by atoms with Crippen molar-refractivity contribution in [1.29, 1.82) is 0 Å². The van der Waals surface area contributed by atoms with Crippen LogP contribution in [0.3, 0.4) is 0 Å². The lowest BCUT2D eigenvalue weighted by atomic mass is 10.0. The molecule has 0 radical (unpaired) electrons. The lowest BCUT2D eigenvalue weighted by molar-refractivity contribution is -0.387. The zero-order valence-electron chi connectivity index (χ0n) is 14.3. The first-order chi connectivity index (χ1) is 12.5. The minimum Gasteiger partial charge on any atom is -0.361 e. The summed E-state index contributed by atoms with van der Waals surface area (Å²) in [6.45, 7) is 1.99. The van der Waals surface area contributed by atoms with Crippen LogP contribution in [0, 0.1) is 17.0 Å². The molecule has 2 aromatic carbocycles. The van der Waals surface area contributed by atoms with Gasteiger partial charge in [-0.25, -0.2) is 4.72 Å². The van der Waals surface area contributed by atoms with E-state index >= 15 is 0 Å². The molecule has 7 nitrogen and oxygen atoms in total. The number of hydrogen-bond donors (Lipinski definition) is 3. The summed E-state index contributed by atoms with van der Waals surface area (Å²) in [6.07, 6.45) is 1.80. The van der Waals surface area contributed by atoms with E-state index in [4.69, 9.17) is 0 Å². The van der Waals surface area contributed by atoms with Gasteiger partial charge in [0.1, 0.15) is 10.9 Å². The van der Waals surface area contributed by atoms with Crippen LogP contribution in [0.15, 0.2) is 53.6 Å². The molecule has 134 valence electrons. The third-order valence-electron chi connectivity index (χ3n) is 4.12. The second kappa shape index (κ2) is 7.59. The minimum absolute atomic E-state index is 0.00423. The number of hydrogen-bond acceptors (Lipinski definition) is 5. The molecule has 1 aromatic heterocycles. The topological polar surface area (TPSA) is 100 Å². The fourth-order valence-corrected chi connectivity index (χ4v) is 3.66. The number of carbonyl (C=O) groups is 1. The number of aromatic amines is 1. The van der Waals surface area contributed by atoms with E-state index in [9.17, 15) is 14.9 Å². The molecule has 0 bridgehead atoms. The van der Waals surface area contributed by atoms with Crippen LogP contribution in [-0.2, 0) is 4.79 Å². The first-order valence-corrected chi connectivity index (χ1v) is 8.78. The normalized spacial score (nSPS) is 12.1. The summed E-state index contributed by atoms with van der Waals surface area (Å²) in [5.74, 6) is -0.224. The van der Waals surface area contributed by atoms with Crippen molar-refractivity contribution in [2.75, 3.05) is 7.05 Å². The zero-order chi connectivity index (χ0) is 18.7. The Morgan fingerprint density at radius 3 is 2.73 bits per heavy atom. The number of nitrogens with one attached hydrogen (secondary N) is 3. The third-order valence-corrected chi connectivity index (χ3v) is 5.04. The van der Waals surface area contributed by atoms with Gasteiger partial charge in [-0.1, -0.05) is 30.3 Å². The van der Waals surface area contributed by atoms with E-state index in [0.29, 0.717) is 4.90 Å². The molecule has 0 fully saturated rings. The quantitative estimate of drug-likeness (QED) is 0.350. The Hall–Kier alpha value is -2.84. The van der Waals surface area contributed by atoms with Crippen LogP contribution in [0.4, 0.5) is 5.69 Å². The number of aromatic nitrogens is 1. The monoisotopic (exact) mass is 370 g/mol. The fraction of sp³-hybridized carbons (Fsp3) is 0.167. The number of nitro groups is 1. The first kappa shape index (κ1) is 18.0. The lowest BCUT2D eigenvalue weighted by Crippen LogP contribution is -2.32. The molecule has 1 amide bonds. The number of rotatable bonds is 6. The van der Waals surface area contributed by atoms with E-state index in [1.807, 2.05) is 25.1 Å². The number of carbonyl (C=O) groups excluding carboxylic acids is 1. The summed E-state index contributed by atoms with van der Waals surface area (Å²) in [7, 11) is 1.56. The van der Waals surface area contributed by atoms with Gasteiger partial charge in [0.25, 0.3) is 5.69 Å². The molecule has 0 saturated carbocycles. The number of H-pyrrole nitrogens is 1. The van der Waals surface area contributed by atoms with Crippen molar-refractivity contribution >= 4 is 34.4 Å². The SMILES string of the molecule is CNC(=O)[C@H](NSc1ccccc1[N+](=O)[O-])c1c[nH]c2c(C)cccc12. The molecule has 8 heteroatoms. The van der Waals surface area contributed by atoms with E-state index < -0.39 is 11.0 Å². The van der Waals surface area contributed by atoms with Crippen LogP contribution in [0.1, 0.15) is 17.2 Å². The van der Waals surface area contributed by atoms with Crippen LogP contribution in [0.2, 0.25) is 0 Å². The Labute approximate surface area is 154 Å². The summed E-state index contributed by atoms with van der Waals surface area (Å²) in [5, 5.41) is 14.8. The van der Waals surface area contributed by atoms with Gasteiger partial charge in [0.15, 0.2) is 0 Å². The van der Waals surface area contributed by atoms with Crippen LogP contribution in [-0.4, -0.2) is 22.9 Å². The van der Waals surface area contributed by atoms with Crippen LogP contribution in [0.25, 0.3) is 10.9 Å². The summed E-state index contributed by atoms with van der Waals surface area (Å²) in [6, 6.07) is 11.6. The van der Waals surface area contributed by atoms with E-state index in [1.54, 1.807) is 31.4 Å². The number of amides is 1. The molecule has 0 unspecified atom stereocenters. The number of para-hydroxylation sites is 2. The zero-order valence-corrected chi connectivity index (χ0v) is 15.1. The molecule has 0 aliphatic carbocycles. The summed E-state index contributed by atoms with van der Waals surface area (Å²) >= 11 is 1.07. The number of nitro benzene ring substituents is 1. The van der Waals surface area contributed by atoms with Crippen LogP contribution in [0.5, 0.6) is 0 Å². The smallest absolute Gasteiger partial charge is 0.284 e. The van der Waals surface area contributed by atoms with Gasteiger partial charge in [0.2, 0.25) is 5.91 Å². The number of aryl methyl sites for hydroxylation is 1. The maximum absolute atomic E-state index is 12.4. The molecule has 0 saturated heterocycles. The van der Waals surface area contributed by atoms with Gasteiger partial charge in [-0.15, -0.1) is 0 Å². The Bertz CT molecular complexity index is 970. The Balaban J connectivity index is 1.94. The minimum atomic E-state index is -0.666. The Morgan fingerprint density at radius 1 is 1.23 bits per heavy atom. The molecule has 1 heterocycles. The summed E-state index contributed by atoms with van der Waals surface area (Å²) < 4.78 is 3.08. The summed E-state index contributed by atoms with van der Waals surface area (Å²) in [5.41, 5.74) is 2.83. The first-order valence-electron chi connectivity index (χ1n) is 7.97. The molecule has 0 aliphatic heterocycles. The van der Waals surface area contributed by atoms with Crippen molar-refractivity contribution in [3.05, 3.63) is 69.9 Å². The number of nitrogens with zero attached hydrogens (tertiary/aromatic N) is 1. The van der Waals surface area contributed by atoms with Crippen LogP contribution < -0.4 is 10.0 Å². The van der Waals surface area contributed by atoms with Gasteiger partial charge in [-0.05, 0) is 30.5 Å².